The Morgan fingerprint density at radius 3 is 2.20 bits per heavy atom. The van der Waals surface area contributed by atoms with Gasteiger partial charge in [-0.1, -0.05) is 89.1 Å². The molecule has 1 aromatic rings. The minimum absolute atomic E-state index is 0.191. The lowest BCUT2D eigenvalue weighted by atomic mass is 9.71. The second-order valence-electron chi connectivity index (χ2n) is 9.73. The van der Waals surface area contributed by atoms with Gasteiger partial charge in [0.05, 0.1) is 13.2 Å². The summed E-state index contributed by atoms with van der Waals surface area (Å²) in [4.78, 5) is 0. The Hall–Kier alpha value is -1.12. The van der Waals surface area contributed by atoms with Crippen LogP contribution in [0.15, 0.2) is 36.9 Å². The average molecular weight is 413 g/mol. The Kier molecular flexibility index (Phi) is 9.94. The van der Waals surface area contributed by atoms with Crippen LogP contribution in [0.25, 0.3) is 0 Å². The highest BCUT2D eigenvalue weighted by molar-refractivity contribution is 5.27. The van der Waals surface area contributed by atoms with Gasteiger partial charge in [-0.25, -0.2) is 0 Å². The van der Waals surface area contributed by atoms with Gasteiger partial charge in [0.25, 0.3) is 0 Å². The predicted octanol–water partition coefficient (Wildman–Crippen LogP) is 8.19. The molecular weight excluding hydrogens is 368 g/mol. The Morgan fingerprint density at radius 1 is 0.900 bits per heavy atom. The van der Waals surface area contributed by atoms with Crippen molar-refractivity contribution in [3.8, 4) is 0 Å². The van der Waals surface area contributed by atoms with Crippen molar-refractivity contribution in [2.24, 2.45) is 17.8 Å². The fraction of sp³-hybridized carbons (Fsp3) is 0.714. The van der Waals surface area contributed by atoms with Crippen molar-refractivity contribution in [2.45, 2.75) is 96.7 Å². The van der Waals surface area contributed by atoms with E-state index in [1.165, 1.54) is 69.8 Å². The molecule has 0 spiro atoms. The molecule has 2 heteroatoms. The molecule has 2 nitrogen and oxygen atoms in total. The van der Waals surface area contributed by atoms with E-state index in [4.69, 9.17) is 9.47 Å². The van der Waals surface area contributed by atoms with E-state index in [0.717, 1.165) is 37.0 Å². The predicted molar refractivity (Wildman–Crippen MR) is 127 cm³/mol. The number of hydrogen-bond acceptors (Lipinski definition) is 2. The third-order valence-corrected chi connectivity index (χ3v) is 7.40. The van der Waals surface area contributed by atoms with Gasteiger partial charge in [0.2, 0.25) is 0 Å². The summed E-state index contributed by atoms with van der Waals surface area (Å²) in [5, 5.41) is 0. The SMILES string of the molecule is C=CCC(c1ccc(C2OCC(CCC)CO2)cc1)C1CCC(CCCCC)CC1. The smallest absolute Gasteiger partial charge is 0.183 e. The van der Waals surface area contributed by atoms with E-state index < -0.39 is 0 Å². The number of hydrogen-bond donors (Lipinski definition) is 0. The van der Waals surface area contributed by atoms with E-state index in [-0.39, 0.29) is 6.29 Å². The van der Waals surface area contributed by atoms with Crippen LogP contribution in [0.3, 0.4) is 0 Å². The van der Waals surface area contributed by atoms with Crippen molar-refractivity contribution in [3.05, 3.63) is 48.0 Å². The van der Waals surface area contributed by atoms with Crippen molar-refractivity contribution < 1.29 is 9.47 Å². The molecule has 1 aromatic carbocycles. The van der Waals surface area contributed by atoms with E-state index in [0.29, 0.717) is 11.8 Å². The molecule has 1 saturated heterocycles. The molecule has 3 rings (SSSR count). The zero-order valence-corrected chi connectivity index (χ0v) is 19.5. The van der Waals surface area contributed by atoms with Gasteiger partial charge in [0.1, 0.15) is 0 Å². The van der Waals surface area contributed by atoms with Gasteiger partial charge in [-0.15, -0.1) is 6.58 Å². The lowest BCUT2D eigenvalue weighted by molar-refractivity contribution is -0.206. The largest absolute Gasteiger partial charge is 0.348 e. The molecule has 168 valence electrons. The van der Waals surface area contributed by atoms with Crippen LogP contribution in [-0.2, 0) is 9.47 Å². The molecule has 1 atom stereocenters. The topological polar surface area (TPSA) is 18.5 Å². The minimum Gasteiger partial charge on any atom is -0.348 e. The first-order valence-electron chi connectivity index (χ1n) is 12.7. The second-order valence-corrected chi connectivity index (χ2v) is 9.73. The lowest BCUT2D eigenvalue weighted by Gasteiger charge is -2.34. The molecule has 1 aliphatic heterocycles. The first-order valence-corrected chi connectivity index (χ1v) is 12.7. The second kappa shape index (κ2) is 12.7. The van der Waals surface area contributed by atoms with Crippen molar-refractivity contribution in [3.63, 3.8) is 0 Å². The number of ether oxygens (including phenoxy) is 2. The Labute approximate surface area is 185 Å². The average Bonchev–Trinajstić information content (AvgIpc) is 2.79. The van der Waals surface area contributed by atoms with Gasteiger partial charge >= 0.3 is 0 Å². The highest BCUT2D eigenvalue weighted by Crippen LogP contribution is 2.42. The molecule has 1 saturated carbocycles. The summed E-state index contributed by atoms with van der Waals surface area (Å²) in [7, 11) is 0. The van der Waals surface area contributed by atoms with Crippen molar-refractivity contribution in [1.82, 2.24) is 0 Å². The van der Waals surface area contributed by atoms with E-state index in [1.54, 1.807) is 0 Å². The molecule has 0 N–H and O–H groups in total. The highest BCUT2D eigenvalue weighted by atomic mass is 16.7. The molecule has 2 aliphatic rings. The molecule has 0 amide bonds. The molecule has 0 aromatic heterocycles. The molecule has 1 unspecified atom stereocenters. The quantitative estimate of drug-likeness (QED) is 0.269. The maximum atomic E-state index is 6.01. The normalized spacial score (nSPS) is 28.2. The van der Waals surface area contributed by atoms with Crippen LogP contribution in [0.4, 0.5) is 0 Å². The number of benzene rings is 1. The Bertz CT molecular complexity index is 592. The Balaban J connectivity index is 1.54. The number of allylic oxidation sites excluding steroid dienone is 1. The molecule has 0 radical (unpaired) electrons. The van der Waals surface area contributed by atoms with Crippen LogP contribution in [-0.4, -0.2) is 13.2 Å². The molecule has 30 heavy (non-hydrogen) atoms. The summed E-state index contributed by atoms with van der Waals surface area (Å²) in [6, 6.07) is 9.10. The monoisotopic (exact) mass is 412 g/mol. The summed E-state index contributed by atoms with van der Waals surface area (Å²) in [6.45, 7) is 10.2. The fourth-order valence-electron chi connectivity index (χ4n) is 5.55. The minimum atomic E-state index is -0.191. The van der Waals surface area contributed by atoms with Crippen LogP contribution in [0.5, 0.6) is 0 Å². The van der Waals surface area contributed by atoms with Crippen molar-refractivity contribution >= 4 is 0 Å². The van der Waals surface area contributed by atoms with Crippen molar-refractivity contribution in [2.75, 3.05) is 13.2 Å². The maximum Gasteiger partial charge on any atom is 0.183 e. The summed E-state index contributed by atoms with van der Waals surface area (Å²) < 4.78 is 12.0. The van der Waals surface area contributed by atoms with E-state index >= 15 is 0 Å². The van der Waals surface area contributed by atoms with Gasteiger partial charge < -0.3 is 9.47 Å². The molecular formula is C28H44O2. The zero-order valence-electron chi connectivity index (χ0n) is 19.5. The van der Waals surface area contributed by atoms with E-state index in [1.807, 2.05) is 0 Å². The summed E-state index contributed by atoms with van der Waals surface area (Å²) >= 11 is 0. The molecule has 1 heterocycles. The van der Waals surface area contributed by atoms with Gasteiger partial charge in [0, 0.05) is 11.5 Å². The Morgan fingerprint density at radius 2 is 1.60 bits per heavy atom. The maximum absolute atomic E-state index is 6.01. The van der Waals surface area contributed by atoms with E-state index in [2.05, 4.69) is 50.8 Å². The van der Waals surface area contributed by atoms with Crippen LogP contribution in [0, 0.1) is 17.8 Å². The van der Waals surface area contributed by atoms with E-state index in [9.17, 15) is 0 Å². The summed E-state index contributed by atoms with van der Waals surface area (Å²) in [6.07, 6.45) is 16.6. The lowest BCUT2D eigenvalue weighted by Crippen LogP contribution is -2.27. The first-order chi connectivity index (χ1) is 14.7. The fourth-order valence-corrected chi connectivity index (χ4v) is 5.55. The summed E-state index contributed by atoms with van der Waals surface area (Å²) in [5.41, 5.74) is 2.62. The summed E-state index contributed by atoms with van der Waals surface area (Å²) in [5.74, 6) is 2.93. The number of rotatable bonds is 11. The van der Waals surface area contributed by atoms with Crippen LogP contribution in [0.1, 0.15) is 108 Å². The third-order valence-electron chi connectivity index (χ3n) is 7.40. The van der Waals surface area contributed by atoms with Crippen LogP contribution in [0.2, 0.25) is 0 Å². The van der Waals surface area contributed by atoms with Crippen molar-refractivity contribution in [1.29, 1.82) is 0 Å². The third kappa shape index (κ3) is 6.69. The van der Waals surface area contributed by atoms with Gasteiger partial charge in [-0.3, -0.25) is 0 Å². The number of unbranched alkanes of at least 4 members (excludes halogenated alkanes) is 2. The standard InChI is InChI=1S/C28H44O2/c1-4-7-8-11-22-12-14-24(15-13-22)27(10-6-3)25-16-18-26(19-17-25)28-29-20-23(9-5-2)21-30-28/h6,16-19,22-24,27-28H,3-5,7-15,20-21H2,1-2H3. The van der Waals surface area contributed by atoms with Crippen LogP contribution >= 0.6 is 0 Å². The zero-order chi connectivity index (χ0) is 21.2. The van der Waals surface area contributed by atoms with Gasteiger partial charge in [0.15, 0.2) is 6.29 Å². The highest BCUT2D eigenvalue weighted by Gasteiger charge is 2.28. The molecule has 1 aliphatic carbocycles. The van der Waals surface area contributed by atoms with Gasteiger partial charge in [-0.2, -0.15) is 0 Å². The first kappa shape index (κ1) is 23.5. The van der Waals surface area contributed by atoms with Gasteiger partial charge in [-0.05, 0) is 49.0 Å². The molecule has 2 fully saturated rings. The van der Waals surface area contributed by atoms with Crippen LogP contribution < -0.4 is 0 Å². The molecule has 0 bridgehead atoms.